The van der Waals surface area contributed by atoms with Crippen molar-refractivity contribution in [1.29, 1.82) is 0 Å². The fraction of sp³-hybridized carbons (Fsp3) is 0.250. The maximum absolute atomic E-state index is 11.9. The first-order valence-electron chi connectivity index (χ1n) is 3.87. The van der Waals surface area contributed by atoms with Crippen LogP contribution in [0, 0.1) is 10.1 Å². The predicted octanol–water partition coefficient (Wildman–Crippen LogP) is 1.69. The minimum absolute atomic E-state index is 0.0703. The van der Waals surface area contributed by atoms with Crippen LogP contribution >= 0.6 is 0 Å². The Kier molecular flexibility index (Phi) is 3.51. The number of rotatable bonds is 4. The Labute approximate surface area is 83.1 Å². The van der Waals surface area contributed by atoms with Crippen LogP contribution in [0.4, 0.5) is 14.5 Å². The largest absolute Gasteiger partial charge is 0.434 e. The highest BCUT2D eigenvalue weighted by Gasteiger charge is 2.14. The highest BCUT2D eigenvalue weighted by Crippen LogP contribution is 2.26. The summed E-state index contributed by atoms with van der Waals surface area (Å²) >= 11 is 0. The van der Waals surface area contributed by atoms with Gasteiger partial charge in [0, 0.05) is 11.6 Å². The molecule has 0 bridgehead atoms. The Morgan fingerprint density at radius 2 is 2.20 bits per heavy atom. The van der Waals surface area contributed by atoms with Gasteiger partial charge in [0.2, 0.25) is 0 Å². The maximum Gasteiger partial charge on any atom is 0.387 e. The number of hydrogen-bond acceptors (Lipinski definition) is 4. The summed E-state index contributed by atoms with van der Waals surface area (Å²) < 4.78 is 27.8. The smallest absolute Gasteiger partial charge is 0.387 e. The first-order valence-corrected chi connectivity index (χ1v) is 3.87. The molecule has 0 aliphatic carbocycles. The molecule has 0 unspecified atom stereocenters. The molecule has 0 radical (unpaired) electrons. The molecule has 1 aromatic carbocycles. The van der Waals surface area contributed by atoms with E-state index >= 15 is 0 Å². The van der Waals surface area contributed by atoms with Gasteiger partial charge in [0.25, 0.3) is 5.69 Å². The van der Waals surface area contributed by atoms with E-state index in [1.165, 1.54) is 0 Å². The van der Waals surface area contributed by atoms with Gasteiger partial charge in [0.15, 0.2) is 0 Å². The minimum Gasteiger partial charge on any atom is -0.434 e. The van der Waals surface area contributed by atoms with E-state index in [1.807, 2.05) is 0 Å². The number of aliphatic hydroxyl groups is 1. The number of ether oxygens (including phenoxy) is 1. The lowest BCUT2D eigenvalue weighted by Crippen LogP contribution is -2.05. The van der Waals surface area contributed by atoms with Gasteiger partial charge in [-0.15, -0.1) is 0 Å². The predicted molar refractivity (Wildman–Crippen MR) is 45.7 cm³/mol. The molecule has 0 aromatic heterocycles. The van der Waals surface area contributed by atoms with Crippen LogP contribution in [0.15, 0.2) is 18.2 Å². The van der Waals surface area contributed by atoms with Gasteiger partial charge in [-0.2, -0.15) is 8.78 Å². The number of nitro benzene ring substituents is 1. The van der Waals surface area contributed by atoms with E-state index in [1.54, 1.807) is 0 Å². The van der Waals surface area contributed by atoms with E-state index < -0.39 is 18.1 Å². The van der Waals surface area contributed by atoms with Crippen LogP contribution in [0.2, 0.25) is 0 Å². The molecule has 82 valence electrons. The number of benzene rings is 1. The Hall–Kier alpha value is -1.76. The standard InChI is InChI=1S/C8H7F2NO4/c9-8(10)15-7-3-6(11(13)14)2-1-5(7)4-12/h1-3,8,12H,4H2. The summed E-state index contributed by atoms with van der Waals surface area (Å²) in [4.78, 5) is 9.60. The van der Waals surface area contributed by atoms with E-state index in [0.717, 1.165) is 18.2 Å². The number of nitro groups is 1. The summed E-state index contributed by atoms with van der Waals surface area (Å²) in [5.74, 6) is -0.387. The van der Waals surface area contributed by atoms with Gasteiger partial charge in [-0.1, -0.05) is 0 Å². The Morgan fingerprint density at radius 3 is 2.67 bits per heavy atom. The van der Waals surface area contributed by atoms with Crippen LogP contribution in [0.5, 0.6) is 5.75 Å². The highest BCUT2D eigenvalue weighted by atomic mass is 19.3. The van der Waals surface area contributed by atoms with Crippen molar-refractivity contribution < 1.29 is 23.5 Å². The zero-order valence-corrected chi connectivity index (χ0v) is 7.39. The Bertz CT molecular complexity index is 370. The number of halogens is 2. The third-order valence-corrected chi connectivity index (χ3v) is 1.65. The van der Waals surface area contributed by atoms with Gasteiger partial charge in [-0.05, 0) is 6.07 Å². The molecule has 0 aliphatic rings. The third kappa shape index (κ3) is 2.84. The fourth-order valence-electron chi connectivity index (χ4n) is 0.993. The molecule has 0 fully saturated rings. The van der Waals surface area contributed by atoms with E-state index in [4.69, 9.17) is 5.11 Å². The van der Waals surface area contributed by atoms with Crippen molar-refractivity contribution >= 4 is 5.69 Å². The monoisotopic (exact) mass is 219 g/mol. The zero-order valence-electron chi connectivity index (χ0n) is 7.39. The average molecular weight is 219 g/mol. The molecule has 0 spiro atoms. The van der Waals surface area contributed by atoms with Crippen molar-refractivity contribution in [3.63, 3.8) is 0 Å². The number of aliphatic hydroxyl groups excluding tert-OH is 1. The van der Waals surface area contributed by atoms with Crippen LogP contribution in [-0.2, 0) is 6.61 Å². The second kappa shape index (κ2) is 4.65. The van der Waals surface area contributed by atoms with Crippen LogP contribution < -0.4 is 4.74 Å². The SMILES string of the molecule is O=[N+]([O-])c1ccc(CO)c(OC(F)F)c1. The minimum atomic E-state index is -3.09. The van der Waals surface area contributed by atoms with Crippen LogP contribution in [-0.4, -0.2) is 16.6 Å². The van der Waals surface area contributed by atoms with E-state index in [-0.39, 0.29) is 17.0 Å². The second-order valence-electron chi connectivity index (χ2n) is 2.59. The molecule has 0 saturated heterocycles. The van der Waals surface area contributed by atoms with Crippen molar-refractivity contribution in [3.05, 3.63) is 33.9 Å². The quantitative estimate of drug-likeness (QED) is 0.617. The van der Waals surface area contributed by atoms with Crippen molar-refractivity contribution in [2.75, 3.05) is 0 Å². The maximum atomic E-state index is 11.9. The van der Waals surface area contributed by atoms with Crippen LogP contribution in [0.25, 0.3) is 0 Å². The van der Waals surface area contributed by atoms with Gasteiger partial charge in [0.1, 0.15) is 5.75 Å². The second-order valence-corrected chi connectivity index (χ2v) is 2.59. The topological polar surface area (TPSA) is 72.6 Å². The third-order valence-electron chi connectivity index (χ3n) is 1.65. The summed E-state index contributed by atoms with van der Waals surface area (Å²) in [6.45, 7) is -3.61. The molecule has 0 heterocycles. The lowest BCUT2D eigenvalue weighted by Gasteiger charge is -2.08. The summed E-state index contributed by atoms with van der Waals surface area (Å²) in [6, 6.07) is 3.11. The first-order chi connectivity index (χ1) is 7.04. The zero-order chi connectivity index (χ0) is 11.4. The van der Waals surface area contributed by atoms with Crippen LogP contribution in [0.1, 0.15) is 5.56 Å². The van der Waals surface area contributed by atoms with Crippen molar-refractivity contribution in [2.24, 2.45) is 0 Å². The van der Waals surface area contributed by atoms with Crippen molar-refractivity contribution in [3.8, 4) is 5.75 Å². The molecule has 1 N–H and O–H groups in total. The lowest BCUT2D eigenvalue weighted by atomic mass is 10.2. The normalized spacial score (nSPS) is 10.4. The first kappa shape index (κ1) is 11.3. The number of alkyl halides is 2. The molecule has 5 nitrogen and oxygen atoms in total. The molecule has 0 aliphatic heterocycles. The van der Waals surface area contributed by atoms with E-state index in [0.29, 0.717) is 0 Å². The molecular weight excluding hydrogens is 212 g/mol. The van der Waals surface area contributed by atoms with E-state index in [2.05, 4.69) is 4.74 Å². The highest BCUT2D eigenvalue weighted by molar-refractivity contribution is 5.44. The van der Waals surface area contributed by atoms with E-state index in [9.17, 15) is 18.9 Å². The molecule has 7 heteroatoms. The Balaban J connectivity index is 3.07. The van der Waals surface area contributed by atoms with Crippen LogP contribution in [0.3, 0.4) is 0 Å². The molecule has 1 rings (SSSR count). The molecule has 0 atom stereocenters. The average Bonchev–Trinajstić information content (AvgIpc) is 2.16. The number of hydrogen-bond donors (Lipinski definition) is 1. The van der Waals surface area contributed by atoms with Gasteiger partial charge < -0.3 is 9.84 Å². The molecular formula is C8H7F2NO4. The number of non-ortho nitro benzene ring substituents is 1. The van der Waals surface area contributed by atoms with Gasteiger partial charge in [0.05, 0.1) is 17.6 Å². The molecule has 15 heavy (non-hydrogen) atoms. The molecule has 0 saturated carbocycles. The summed E-state index contributed by atoms with van der Waals surface area (Å²) in [5, 5.41) is 19.1. The Morgan fingerprint density at radius 1 is 1.53 bits per heavy atom. The lowest BCUT2D eigenvalue weighted by molar-refractivity contribution is -0.385. The van der Waals surface area contributed by atoms with Crippen molar-refractivity contribution in [2.45, 2.75) is 13.2 Å². The summed E-state index contributed by atoms with van der Waals surface area (Å²) in [7, 11) is 0. The summed E-state index contributed by atoms with van der Waals surface area (Å²) in [5.41, 5.74) is -0.302. The molecule has 1 aromatic rings. The summed E-state index contributed by atoms with van der Waals surface area (Å²) in [6.07, 6.45) is 0. The number of nitrogens with zero attached hydrogens (tertiary/aromatic N) is 1. The van der Waals surface area contributed by atoms with Gasteiger partial charge >= 0.3 is 6.61 Å². The fourth-order valence-corrected chi connectivity index (χ4v) is 0.993. The van der Waals surface area contributed by atoms with Crippen molar-refractivity contribution in [1.82, 2.24) is 0 Å². The van der Waals surface area contributed by atoms with Gasteiger partial charge in [-0.25, -0.2) is 0 Å². The molecule has 0 amide bonds. The van der Waals surface area contributed by atoms with Gasteiger partial charge in [-0.3, -0.25) is 10.1 Å².